The molecule has 0 atom stereocenters. The van der Waals surface area contributed by atoms with Crippen molar-refractivity contribution in [2.24, 2.45) is 0 Å². The van der Waals surface area contributed by atoms with Gasteiger partial charge in [0.1, 0.15) is 18.1 Å². The topological polar surface area (TPSA) is 62.5 Å². The van der Waals surface area contributed by atoms with Crippen molar-refractivity contribution in [2.45, 2.75) is 13.5 Å². The van der Waals surface area contributed by atoms with Crippen molar-refractivity contribution in [3.05, 3.63) is 72.6 Å². The Bertz CT molecular complexity index is 934. The third kappa shape index (κ3) is 4.24. The molecule has 0 fully saturated rings. The molecule has 0 aliphatic carbocycles. The number of halogens is 2. The van der Waals surface area contributed by atoms with Gasteiger partial charge in [-0.25, -0.2) is 0 Å². The number of aliphatic hydroxyl groups is 1. The molecule has 0 saturated heterocycles. The quantitative estimate of drug-likeness (QED) is 0.432. The number of benzene rings is 2. The van der Waals surface area contributed by atoms with E-state index < -0.39 is 0 Å². The minimum absolute atomic E-state index is 0.123. The van der Waals surface area contributed by atoms with E-state index in [9.17, 15) is 4.79 Å². The highest BCUT2D eigenvalue weighted by atomic mass is 127. The van der Waals surface area contributed by atoms with E-state index in [4.69, 9.17) is 9.52 Å². The van der Waals surface area contributed by atoms with E-state index >= 15 is 0 Å². The first-order chi connectivity index (χ1) is 12.0. The highest BCUT2D eigenvalue weighted by Gasteiger charge is 2.13. The molecule has 0 bridgehead atoms. The summed E-state index contributed by atoms with van der Waals surface area (Å²) in [7, 11) is 0. The van der Waals surface area contributed by atoms with Crippen LogP contribution < -0.4 is 5.32 Å². The molecule has 2 N–H and O–H groups in total. The molecule has 3 aromatic rings. The Morgan fingerprint density at radius 3 is 2.60 bits per heavy atom. The second-order valence-corrected chi connectivity index (χ2v) is 7.94. The standard InChI is InChI=1S/C19H15I2NO3/c1-11-8-13(3-5-15(11)18-7-4-14(10-23)25-18)22-19(24)16-9-12(20)2-6-17(16)21/h2-9,23H,10H2,1H3,(H,22,24). The number of aliphatic hydroxyl groups excluding tert-OH is 1. The first-order valence-electron chi connectivity index (χ1n) is 7.55. The molecule has 0 saturated carbocycles. The number of nitrogens with one attached hydrogen (secondary N) is 1. The Morgan fingerprint density at radius 2 is 1.92 bits per heavy atom. The van der Waals surface area contributed by atoms with Crippen LogP contribution in [0.4, 0.5) is 5.69 Å². The molecule has 128 valence electrons. The fourth-order valence-corrected chi connectivity index (χ4v) is 3.57. The second-order valence-electron chi connectivity index (χ2n) is 5.53. The number of hydrogen-bond donors (Lipinski definition) is 2. The van der Waals surface area contributed by atoms with Crippen molar-refractivity contribution in [1.29, 1.82) is 0 Å². The Morgan fingerprint density at radius 1 is 1.12 bits per heavy atom. The van der Waals surface area contributed by atoms with E-state index in [0.717, 1.165) is 24.0 Å². The van der Waals surface area contributed by atoms with E-state index in [0.29, 0.717) is 17.1 Å². The molecule has 2 aromatic carbocycles. The minimum Gasteiger partial charge on any atom is -0.459 e. The van der Waals surface area contributed by atoms with Crippen molar-refractivity contribution >= 4 is 56.8 Å². The second kappa shape index (κ2) is 7.88. The third-order valence-electron chi connectivity index (χ3n) is 3.74. The normalized spacial score (nSPS) is 10.7. The van der Waals surface area contributed by atoms with E-state index in [1.54, 1.807) is 6.07 Å². The highest BCUT2D eigenvalue weighted by molar-refractivity contribution is 14.1. The predicted molar refractivity (Wildman–Crippen MR) is 115 cm³/mol. The molecule has 6 heteroatoms. The van der Waals surface area contributed by atoms with Crippen LogP contribution in [0.15, 0.2) is 52.9 Å². The first-order valence-corrected chi connectivity index (χ1v) is 9.70. The summed E-state index contributed by atoms with van der Waals surface area (Å²) in [4.78, 5) is 12.5. The minimum atomic E-state index is -0.129. The average molecular weight is 559 g/mol. The molecule has 0 unspecified atom stereocenters. The van der Waals surface area contributed by atoms with Gasteiger partial charge < -0.3 is 14.8 Å². The van der Waals surface area contributed by atoms with Gasteiger partial charge in [-0.1, -0.05) is 0 Å². The van der Waals surface area contributed by atoms with Crippen molar-refractivity contribution in [1.82, 2.24) is 0 Å². The van der Waals surface area contributed by atoms with Crippen molar-refractivity contribution in [2.75, 3.05) is 5.32 Å². The molecule has 0 spiro atoms. The number of carbonyl (C=O) groups excluding carboxylic acids is 1. The summed E-state index contributed by atoms with van der Waals surface area (Å²) in [5.41, 5.74) is 3.30. The number of rotatable bonds is 4. The number of anilines is 1. The zero-order valence-corrected chi connectivity index (χ0v) is 17.7. The van der Waals surface area contributed by atoms with Gasteiger partial charge in [-0.3, -0.25) is 4.79 Å². The Labute approximate surface area is 172 Å². The SMILES string of the molecule is Cc1cc(NC(=O)c2cc(I)ccc2I)ccc1-c1ccc(CO)o1. The van der Waals surface area contributed by atoms with Crippen molar-refractivity contribution in [3.8, 4) is 11.3 Å². The fraction of sp³-hybridized carbons (Fsp3) is 0.105. The van der Waals surface area contributed by atoms with Crippen LogP contribution in [0.5, 0.6) is 0 Å². The van der Waals surface area contributed by atoms with Gasteiger partial charge in [0.05, 0.1) is 5.56 Å². The van der Waals surface area contributed by atoms with Gasteiger partial charge in [0, 0.05) is 18.4 Å². The van der Waals surface area contributed by atoms with E-state index in [2.05, 4.69) is 50.5 Å². The molecule has 4 nitrogen and oxygen atoms in total. The molecule has 3 rings (SSSR count). The van der Waals surface area contributed by atoms with Gasteiger partial charge in [-0.2, -0.15) is 0 Å². The van der Waals surface area contributed by atoms with Crippen molar-refractivity contribution < 1.29 is 14.3 Å². The monoisotopic (exact) mass is 559 g/mol. The zero-order valence-electron chi connectivity index (χ0n) is 13.3. The lowest BCUT2D eigenvalue weighted by Crippen LogP contribution is -2.13. The Balaban J connectivity index is 1.83. The van der Waals surface area contributed by atoms with Gasteiger partial charge >= 0.3 is 0 Å². The van der Waals surface area contributed by atoms with Crippen molar-refractivity contribution in [3.63, 3.8) is 0 Å². The van der Waals surface area contributed by atoms with Gasteiger partial charge in [0.15, 0.2) is 0 Å². The predicted octanol–water partition coefficient (Wildman–Crippen LogP) is 5.21. The van der Waals surface area contributed by atoms with Crippen LogP contribution in [0.25, 0.3) is 11.3 Å². The summed E-state index contributed by atoms with van der Waals surface area (Å²) in [5, 5.41) is 12.1. The zero-order chi connectivity index (χ0) is 18.0. The molecule has 0 radical (unpaired) electrons. The number of carbonyl (C=O) groups is 1. The van der Waals surface area contributed by atoms with Gasteiger partial charge in [-0.15, -0.1) is 0 Å². The lowest BCUT2D eigenvalue weighted by atomic mass is 10.1. The molecular weight excluding hydrogens is 544 g/mol. The average Bonchev–Trinajstić information content (AvgIpc) is 3.06. The Kier molecular flexibility index (Phi) is 5.80. The number of furan rings is 1. The molecule has 1 heterocycles. The van der Waals surface area contributed by atoms with E-state index in [1.165, 1.54) is 0 Å². The van der Waals surface area contributed by atoms with Crippen LogP contribution in [-0.2, 0) is 6.61 Å². The molecular formula is C19H15I2NO3. The third-order valence-corrected chi connectivity index (χ3v) is 5.35. The number of hydrogen-bond acceptors (Lipinski definition) is 3. The number of amides is 1. The summed E-state index contributed by atoms with van der Waals surface area (Å²) in [6, 6.07) is 15.0. The fourth-order valence-electron chi connectivity index (χ4n) is 2.50. The van der Waals surface area contributed by atoms with Gasteiger partial charge in [0.25, 0.3) is 5.91 Å². The molecule has 25 heavy (non-hydrogen) atoms. The maximum Gasteiger partial charge on any atom is 0.256 e. The summed E-state index contributed by atoms with van der Waals surface area (Å²) < 4.78 is 7.51. The molecule has 0 aliphatic heterocycles. The van der Waals surface area contributed by atoms with E-state index in [1.807, 2.05) is 49.4 Å². The Hall–Kier alpha value is -1.39. The summed E-state index contributed by atoms with van der Waals surface area (Å²) in [6.07, 6.45) is 0. The number of aryl methyl sites for hydroxylation is 1. The summed E-state index contributed by atoms with van der Waals surface area (Å²) >= 11 is 4.36. The largest absolute Gasteiger partial charge is 0.459 e. The smallest absolute Gasteiger partial charge is 0.256 e. The maximum absolute atomic E-state index is 12.5. The first kappa shape index (κ1) is 18.4. The van der Waals surface area contributed by atoms with E-state index in [-0.39, 0.29) is 12.5 Å². The van der Waals surface area contributed by atoms with Crippen LogP contribution in [-0.4, -0.2) is 11.0 Å². The van der Waals surface area contributed by atoms with Crippen LogP contribution in [0, 0.1) is 14.1 Å². The van der Waals surface area contributed by atoms with Gasteiger partial charge in [0.2, 0.25) is 0 Å². The van der Waals surface area contributed by atoms with Gasteiger partial charge in [-0.05, 0) is 106 Å². The van der Waals surface area contributed by atoms with Crippen LogP contribution >= 0.6 is 45.2 Å². The lowest BCUT2D eigenvalue weighted by Gasteiger charge is -2.10. The maximum atomic E-state index is 12.5. The lowest BCUT2D eigenvalue weighted by molar-refractivity contribution is 0.102. The van der Waals surface area contributed by atoms with Crippen LogP contribution in [0.1, 0.15) is 21.7 Å². The van der Waals surface area contributed by atoms with Crippen LogP contribution in [0.2, 0.25) is 0 Å². The van der Waals surface area contributed by atoms with Crippen LogP contribution in [0.3, 0.4) is 0 Å². The summed E-state index contributed by atoms with van der Waals surface area (Å²) in [6.45, 7) is 1.84. The highest BCUT2D eigenvalue weighted by Crippen LogP contribution is 2.28. The molecule has 1 aromatic heterocycles. The summed E-state index contributed by atoms with van der Waals surface area (Å²) in [5.74, 6) is 1.10. The molecule has 0 aliphatic rings. The molecule has 1 amide bonds.